The SMILES string of the molecule is NCCCSc1nc2ccc(C(F)(F)F)cc2[nH]1. The number of fused-ring (bicyclic) bond motifs is 1. The number of imidazole rings is 1. The van der Waals surface area contributed by atoms with E-state index >= 15 is 0 Å². The van der Waals surface area contributed by atoms with E-state index in [9.17, 15) is 13.2 Å². The van der Waals surface area contributed by atoms with Crippen molar-refractivity contribution in [2.45, 2.75) is 17.8 Å². The molecule has 1 aromatic heterocycles. The number of nitrogens with two attached hydrogens (primary N) is 1. The molecule has 3 N–H and O–H groups in total. The molecule has 0 bridgehead atoms. The molecule has 0 radical (unpaired) electrons. The molecule has 7 heteroatoms. The molecule has 0 saturated heterocycles. The third-order valence-corrected chi connectivity index (χ3v) is 3.33. The van der Waals surface area contributed by atoms with E-state index in [1.165, 1.54) is 17.8 Å². The lowest BCUT2D eigenvalue weighted by atomic mass is 10.2. The van der Waals surface area contributed by atoms with E-state index in [1.807, 2.05) is 0 Å². The van der Waals surface area contributed by atoms with Crippen molar-refractivity contribution in [3.05, 3.63) is 23.8 Å². The first-order valence-corrected chi connectivity index (χ1v) is 6.39. The molecule has 0 unspecified atom stereocenters. The Morgan fingerprint density at radius 1 is 1.33 bits per heavy atom. The zero-order valence-corrected chi connectivity index (χ0v) is 10.2. The molecule has 0 aliphatic carbocycles. The topological polar surface area (TPSA) is 54.7 Å². The van der Waals surface area contributed by atoms with E-state index < -0.39 is 11.7 Å². The van der Waals surface area contributed by atoms with Crippen LogP contribution in [0.2, 0.25) is 0 Å². The Bertz CT molecular complexity index is 536. The first-order valence-electron chi connectivity index (χ1n) is 5.40. The second-order valence-electron chi connectivity index (χ2n) is 3.76. The van der Waals surface area contributed by atoms with Crippen LogP contribution in [0.1, 0.15) is 12.0 Å². The van der Waals surface area contributed by atoms with Crippen LogP contribution in [0.15, 0.2) is 23.4 Å². The van der Waals surface area contributed by atoms with Gasteiger partial charge in [-0.15, -0.1) is 0 Å². The van der Waals surface area contributed by atoms with Crippen molar-refractivity contribution >= 4 is 22.8 Å². The van der Waals surface area contributed by atoms with Crippen molar-refractivity contribution in [2.24, 2.45) is 5.73 Å². The molecule has 0 amide bonds. The van der Waals surface area contributed by atoms with E-state index in [2.05, 4.69) is 9.97 Å². The second-order valence-corrected chi connectivity index (χ2v) is 4.85. The molecule has 1 heterocycles. The van der Waals surface area contributed by atoms with Crippen LogP contribution in [0.3, 0.4) is 0 Å². The summed E-state index contributed by atoms with van der Waals surface area (Å²) in [4.78, 5) is 7.08. The van der Waals surface area contributed by atoms with Gasteiger partial charge in [0.15, 0.2) is 5.16 Å². The average molecular weight is 275 g/mol. The first-order chi connectivity index (χ1) is 8.50. The molecule has 98 valence electrons. The normalized spacial score (nSPS) is 12.2. The molecule has 2 rings (SSSR count). The summed E-state index contributed by atoms with van der Waals surface area (Å²) in [6.07, 6.45) is -3.48. The Labute approximate surface area is 106 Å². The van der Waals surface area contributed by atoms with Gasteiger partial charge in [0.2, 0.25) is 0 Å². The Hall–Kier alpha value is -1.21. The predicted molar refractivity (Wildman–Crippen MR) is 65.5 cm³/mol. The van der Waals surface area contributed by atoms with E-state index in [0.29, 0.717) is 22.7 Å². The summed E-state index contributed by atoms with van der Waals surface area (Å²) in [5.41, 5.74) is 5.64. The number of benzene rings is 1. The van der Waals surface area contributed by atoms with E-state index in [0.717, 1.165) is 24.3 Å². The molecule has 18 heavy (non-hydrogen) atoms. The Morgan fingerprint density at radius 3 is 2.78 bits per heavy atom. The summed E-state index contributed by atoms with van der Waals surface area (Å²) in [5.74, 6) is 0.794. The quantitative estimate of drug-likeness (QED) is 0.666. The molecule has 0 aliphatic rings. The lowest BCUT2D eigenvalue weighted by molar-refractivity contribution is -0.137. The second kappa shape index (κ2) is 5.19. The minimum atomic E-state index is -4.33. The summed E-state index contributed by atoms with van der Waals surface area (Å²) >= 11 is 1.46. The number of H-pyrrole nitrogens is 1. The molecule has 3 nitrogen and oxygen atoms in total. The number of halogens is 3. The van der Waals surface area contributed by atoms with Gasteiger partial charge >= 0.3 is 6.18 Å². The largest absolute Gasteiger partial charge is 0.416 e. The fraction of sp³-hybridized carbons (Fsp3) is 0.364. The number of hydrogen-bond acceptors (Lipinski definition) is 3. The standard InChI is InChI=1S/C11H12F3N3S/c12-11(13,14)7-2-3-8-9(6-7)17-10(16-8)18-5-1-4-15/h2-3,6H,1,4-5,15H2,(H,16,17). The predicted octanol–water partition coefficient (Wildman–Crippen LogP) is 3.02. The maximum atomic E-state index is 12.5. The fourth-order valence-electron chi connectivity index (χ4n) is 1.48. The third kappa shape index (κ3) is 2.97. The van der Waals surface area contributed by atoms with Gasteiger partial charge < -0.3 is 10.7 Å². The summed E-state index contributed by atoms with van der Waals surface area (Å²) in [7, 11) is 0. The van der Waals surface area contributed by atoms with Crippen LogP contribution in [-0.4, -0.2) is 22.3 Å². The highest BCUT2D eigenvalue weighted by Crippen LogP contribution is 2.31. The van der Waals surface area contributed by atoms with Crippen LogP contribution in [0.4, 0.5) is 13.2 Å². The highest BCUT2D eigenvalue weighted by Gasteiger charge is 2.30. The molecular formula is C11H12F3N3S. The molecule has 0 atom stereocenters. The minimum Gasteiger partial charge on any atom is -0.333 e. The maximum Gasteiger partial charge on any atom is 0.416 e. The smallest absolute Gasteiger partial charge is 0.333 e. The van der Waals surface area contributed by atoms with E-state index in [1.54, 1.807) is 0 Å². The van der Waals surface area contributed by atoms with Crippen LogP contribution in [-0.2, 0) is 6.18 Å². The molecule has 0 fully saturated rings. The minimum absolute atomic E-state index is 0.403. The van der Waals surface area contributed by atoms with Gasteiger partial charge in [-0.2, -0.15) is 13.2 Å². The fourth-order valence-corrected chi connectivity index (χ4v) is 2.33. The van der Waals surface area contributed by atoms with Gasteiger partial charge in [0.05, 0.1) is 16.6 Å². The lowest BCUT2D eigenvalue weighted by Gasteiger charge is -2.05. The highest BCUT2D eigenvalue weighted by molar-refractivity contribution is 7.99. The van der Waals surface area contributed by atoms with Gasteiger partial charge in [0.1, 0.15) is 0 Å². The number of nitrogens with zero attached hydrogens (tertiary/aromatic N) is 1. The third-order valence-electron chi connectivity index (χ3n) is 2.37. The van der Waals surface area contributed by atoms with E-state index in [-0.39, 0.29) is 0 Å². The first kappa shape index (κ1) is 13.2. The number of nitrogens with one attached hydrogen (secondary N) is 1. The zero-order valence-electron chi connectivity index (χ0n) is 9.42. The summed E-state index contributed by atoms with van der Waals surface area (Å²) in [6.45, 7) is 0.589. The number of aromatic amines is 1. The molecule has 0 aliphatic heterocycles. The molecular weight excluding hydrogens is 263 g/mol. The van der Waals surface area contributed by atoms with Gasteiger partial charge in [0, 0.05) is 5.75 Å². The maximum absolute atomic E-state index is 12.5. The highest BCUT2D eigenvalue weighted by atomic mass is 32.2. The average Bonchev–Trinajstić information content (AvgIpc) is 2.69. The van der Waals surface area contributed by atoms with Crippen molar-refractivity contribution < 1.29 is 13.2 Å². The van der Waals surface area contributed by atoms with Crippen molar-refractivity contribution in [2.75, 3.05) is 12.3 Å². The summed E-state index contributed by atoms with van der Waals surface area (Å²) in [5, 5.41) is 0.623. The number of hydrogen-bond donors (Lipinski definition) is 2. The zero-order chi connectivity index (χ0) is 13.2. The number of rotatable bonds is 4. The van der Waals surface area contributed by atoms with E-state index in [4.69, 9.17) is 5.73 Å². The van der Waals surface area contributed by atoms with Crippen LogP contribution in [0.25, 0.3) is 11.0 Å². The number of aromatic nitrogens is 2. The Kier molecular flexibility index (Phi) is 3.82. The van der Waals surface area contributed by atoms with Crippen LogP contribution >= 0.6 is 11.8 Å². The summed E-state index contributed by atoms with van der Waals surface area (Å²) < 4.78 is 37.6. The molecule has 0 saturated carbocycles. The molecule has 0 spiro atoms. The van der Waals surface area contributed by atoms with Gasteiger partial charge in [-0.3, -0.25) is 0 Å². The van der Waals surface area contributed by atoms with Crippen LogP contribution < -0.4 is 5.73 Å². The molecule has 2 aromatic rings. The van der Waals surface area contributed by atoms with Crippen molar-refractivity contribution in [1.29, 1.82) is 0 Å². The molecule has 1 aromatic carbocycles. The van der Waals surface area contributed by atoms with Gasteiger partial charge in [-0.1, -0.05) is 11.8 Å². The number of thioether (sulfide) groups is 1. The van der Waals surface area contributed by atoms with Crippen molar-refractivity contribution in [1.82, 2.24) is 9.97 Å². The van der Waals surface area contributed by atoms with Gasteiger partial charge in [-0.05, 0) is 31.2 Å². The van der Waals surface area contributed by atoms with Gasteiger partial charge in [0.25, 0.3) is 0 Å². The Balaban J connectivity index is 2.23. The van der Waals surface area contributed by atoms with Crippen molar-refractivity contribution in [3.63, 3.8) is 0 Å². The van der Waals surface area contributed by atoms with Gasteiger partial charge in [-0.25, -0.2) is 4.98 Å². The lowest BCUT2D eigenvalue weighted by Crippen LogP contribution is -2.04. The van der Waals surface area contributed by atoms with Crippen LogP contribution in [0.5, 0.6) is 0 Å². The van der Waals surface area contributed by atoms with Crippen LogP contribution in [0, 0.1) is 0 Å². The van der Waals surface area contributed by atoms with Crippen molar-refractivity contribution in [3.8, 4) is 0 Å². The Morgan fingerprint density at radius 2 is 2.11 bits per heavy atom. The number of alkyl halides is 3. The summed E-state index contributed by atoms with van der Waals surface area (Å²) in [6, 6.07) is 3.49. The monoisotopic (exact) mass is 275 g/mol.